The quantitative estimate of drug-likeness (QED) is 0.486. The third-order valence-electron chi connectivity index (χ3n) is 4.54. The Morgan fingerprint density at radius 2 is 2.24 bits per heavy atom. The van der Waals surface area contributed by atoms with Crippen molar-refractivity contribution >= 4 is 34.6 Å². The molecule has 1 aromatic carbocycles. The number of ether oxygens (including phenoxy) is 1. The second kappa shape index (κ2) is 4.45. The molecule has 0 spiro atoms. The number of nitrogens with one attached hydrogen (secondary N) is 1. The molecule has 1 fully saturated rings. The molecular weight excluding hydrogens is 314 g/mol. The topological polar surface area (TPSA) is 67.6 Å². The van der Waals surface area contributed by atoms with Crippen molar-refractivity contribution in [1.82, 2.24) is 10.2 Å². The van der Waals surface area contributed by atoms with Crippen LogP contribution in [0.3, 0.4) is 0 Å². The number of hydrogen-bond acceptors (Lipinski definition) is 4. The first-order valence-electron chi connectivity index (χ1n) is 6.47. The highest BCUT2D eigenvalue weighted by Crippen LogP contribution is 2.51. The number of thiocarbonyl (C=S) groups is 1. The summed E-state index contributed by atoms with van der Waals surface area (Å²) in [5, 5.41) is 14.9. The molecule has 112 valence electrons. The standard InChI is InChI=1S/C13H14ClN3O3S/c1-6-11-9-8(5-4-7(10(9)14)17(18)19)20-13(6,2)16(3)12(21)15-11/h4-6,11H,1-3H3,(H,15,21). The Morgan fingerprint density at radius 1 is 1.57 bits per heavy atom. The van der Waals surface area contributed by atoms with Crippen LogP contribution in [0, 0.1) is 16.0 Å². The van der Waals surface area contributed by atoms with E-state index in [0.29, 0.717) is 16.4 Å². The van der Waals surface area contributed by atoms with Crippen molar-refractivity contribution in [3.8, 4) is 5.75 Å². The van der Waals surface area contributed by atoms with E-state index in [1.165, 1.54) is 6.07 Å². The highest BCUT2D eigenvalue weighted by Gasteiger charge is 2.53. The molecule has 0 saturated carbocycles. The summed E-state index contributed by atoms with van der Waals surface area (Å²) >= 11 is 11.6. The highest BCUT2D eigenvalue weighted by molar-refractivity contribution is 7.80. The zero-order valence-electron chi connectivity index (χ0n) is 11.7. The maximum atomic E-state index is 11.1. The Kier molecular flexibility index (Phi) is 3.04. The normalized spacial score (nSPS) is 30.3. The molecule has 6 nitrogen and oxygen atoms in total. The second-order valence-electron chi connectivity index (χ2n) is 5.50. The molecule has 0 aromatic heterocycles. The van der Waals surface area contributed by atoms with Crippen LogP contribution in [0.1, 0.15) is 25.5 Å². The number of nitro benzene ring substituents is 1. The fourth-order valence-corrected chi connectivity index (χ4v) is 3.61. The van der Waals surface area contributed by atoms with Crippen molar-refractivity contribution in [2.45, 2.75) is 25.6 Å². The van der Waals surface area contributed by atoms with E-state index >= 15 is 0 Å². The van der Waals surface area contributed by atoms with Gasteiger partial charge in [0.15, 0.2) is 10.8 Å². The van der Waals surface area contributed by atoms with E-state index in [1.54, 1.807) is 6.07 Å². The lowest BCUT2D eigenvalue weighted by Crippen LogP contribution is -2.67. The zero-order chi connectivity index (χ0) is 15.5. The van der Waals surface area contributed by atoms with Crippen LogP contribution >= 0.6 is 23.8 Å². The summed E-state index contributed by atoms with van der Waals surface area (Å²) < 4.78 is 6.09. The van der Waals surface area contributed by atoms with Gasteiger partial charge in [0.25, 0.3) is 5.69 Å². The highest BCUT2D eigenvalue weighted by atomic mass is 35.5. The number of benzene rings is 1. The number of fused-ring (bicyclic) bond motifs is 4. The minimum atomic E-state index is -0.612. The minimum absolute atomic E-state index is 0.0150. The summed E-state index contributed by atoms with van der Waals surface area (Å²) in [6.07, 6.45) is 0. The fourth-order valence-electron chi connectivity index (χ4n) is 2.96. The van der Waals surface area contributed by atoms with Crippen LogP contribution in [0.4, 0.5) is 5.69 Å². The van der Waals surface area contributed by atoms with Crippen LogP contribution < -0.4 is 10.1 Å². The van der Waals surface area contributed by atoms with E-state index in [9.17, 15) is 10.1 Å². The van der Waals surface area contributed by atoms with Crippen molar-refractivity contribution in [2.24, 2.45) is 5.92 Å². The van der Waals surface area contributed by atoms with Gasteiger partial charge in [0.2, 0.25) is 0 Å². The van der Waals surface area contributed by atoms with E-state index in [1.807, 2.05) is 25.8 Å². The third kappa shape index (κ3) is 1.80. The number of rotatable bonds is 1. The predicted octanol–water partition coefficient (Wildman–Crippen LogP) is 2.85. The monoisotopic (exact) mass is 327 g/mol. The van der Waals surface area contributed by atoms with Crippen molar-refractivity contribution in [2.75, 3.05) is 7.05 Å². The van der Waals surface area contributed by atoms with Crippen molar-refractivity contribution in [3.63, 3.8) is 0 Å². The molecule has 2 aliphatic rings. The first kappa shape index (κ1) is 14.3. The summed E-state index contributed by atoms with van der Waals surface area (Å²) in [6.45, 7) is 3.96. The smallest absolute Gasteiger partial charge is 0.288 e. The van der Waals surface area contributed by atoms with Crippen LogP contribution in [0.25, 0.3) is 0 Å². The lowest BCUT2D eigenvalue weighted by molar-refractivity contribution is -0.384. The number of nitro groups is 1. The molecule has 1 saturated heterocycles. The van der Waals surface area contributed by atoms with E-state index in [4.69, 9.17) is 28.6 Å². The van der Waals surface area contributed by atoms with Gasteiger partial charge in [-0.2, -0.15) is 0 Å². The van der Waals surface area contributed by atoms with Crippen molar-refractivity contribution in [3.05, 3.63) is 32.8 Å². The Morgan fingerprint density at radius 3 is 2.86 bits per heavy atom. The molecule has 8 heteroatoms. The molecule has 21 heavy (non-hydrogen) atoms. The lowest BCUT2D eigenvalue weighted by Gasteiger charge is -2.55. The van der Waals surface area contributed by atoms with Crippen LogP contribution in [0.15, 0.2) is 12.1 Å². The fraction of sp³-hybridized carbons (Fsp3) is 0.462. The molecule has 0 radical (unpaired) electrons. The Bertz CT molecular complexity index is 668. The predicted molar refractivity (Wildman–Crippen MR) is 82.5 cm³/mol. The van der Waals surface area contributed by atoms with Crippen LogP contribution in [-0.4, -0.2) is 27.7 Å². The first-order chi connectivity index (χ1) is 9.77. The molecular formula is C13H14ClN3O3S. The third-order valence-corrected chi connectivity index (χ3v) is 5.33. The molecule has 0 aliphatic carbocycles. The van der Waals surface area contributed by atoms with Crippen LogP contribution in [-0.2, 0) is 0 Å². The summed E-state index contributed by atoms with van der Waals surface area (Å²) in [7, 11) is 1.86. The van der Waals surface area contributed by atoms with Gasteiger partial charge in [0.1, 0.15) is 10.8 Å². The van der Waals surface area contributed by atoms with Crippen LogP contribution in [0.2, 0.25) is 5.02 Å². The number of hydrogen-bond donors (Lipinski definition) is 1. The van der Waals surface area contributed by atoms with Gasteiger partial charge in [-0.1, -0.05) is 18.5 Å². The molecule has 3 unspecified atom stereocenters. The van der Waals surface area contributed by atoms with Crippen molar-refractivity contribution in [1.29, 1.82) is 0 Å². The van der Waals surface area contributed by atoms with Gasteiger partial charge in [-0.3, -0.25) is 10.1 Å². The summed E-state index contributed by atoms with van der Waals surface area (Å²) in [4.78, 5) is 12.4. The Labute approximate surface area is 132 Å². The van der Waals surface area contributed by atoms with Gasteiger partial charge in [0.05, 0.1) is 11.0 Å². The molecule has 3 rings (SSSR count). The second-order valence-corrected chi connectivity index (χ2v) is 6.26. The largest absolute Gasteiger partial charge is 0.467 e. The maximum absolute atomic E-state index is 11.1. The van der Waals surface area contributed by atoms with E-state index < -0.39 is 10.6 Å². The molecule has 1 N–H and O–H groups in total. The molecule has 2 heterocycles. The van der Waals surface area contributed by atoms with E-state index in [-0.39, 0.29) is 22.7 Å². The number of nitrogens with zero attached hydrogens (tertiary/aromatic N) is 2. The molecule has 2 bridgehead atoms. The molecule has 0 amide bonds. The molecule has 3 atom stereocenters. The molecule has 2 aliphatic heterocycles. The van der Waals surface area contributed by atoms with E-state index in [0.717, 1.165) is 0 Å². The van der Waals surface area contributed by atoms with Crippen LogP contribution in [0.5, 0.6) is 5.75 Å². The van der Waals surface area contributed by atoms with Gasteiger partial charge in [-0.25, -0.2) is 0 Å². The Hall–Kier alpha value is -1.60. The van der Waals surface area contributed by atoms with E-state index in [2.05, 4.69) is 5.32 Å². The summed E-state index contributed by atoms with van der Waals surface area (Å²) in [5.41, 5.74) is -0.132. The van der Waals surface area contributed by atoms with Gasteiger partial charge in [-0.05, 0) is 25.2 Å². The number of halogens is 1. The SMILES string of the molecule is CC1C2NC(=S)N(C)C1(C)Oc1ccc([N+](=O)[O-])c(Cl)c12. The van der Waals surface area contributed by atoms with Crippen molar-refractivity contribution < 1.29 is 9.66 Å². The van der Waals surface area contributed by atoms with Gasteiger partial charge >= 0.3 is 0 Å². The Balaban J connectivity index is 2.22. The van der Waals surface area contributed by atoms with Gasteiger partial charge < -0.3 is 15.0 Å². The average Bonchev–Trinajstić information content (AvgIpc) is 2.41. The first-order valence-corrected chi connectivity index (χ1v) is 7.26. The average molecular weight is 328 g/mol. The lowest BCUT2D eigenvalue weighted by atomic mass is 9.81. The van der Waals surface area contributed by atoms with Gasteiger partial charge in [-0.15, -0.1) is 0 Å². The van der Waals surface area contributed by atoms with Gasteiger partial charge in [0, 0.05) is 24.6 Å². The minimum Gasteiger partial charge on any atom is -0.467 e. The zero-order valence-corrected chi connectivity index (χ0v) is 13.3. The summed E-state index contributed by atoms with van der Waals surface area (Å²) in [5.74, 6) is 0.569. The molecule has 1 aromatic rings. The summed E-state index contributed by atoms with van der Waals surface area (Å²) in [6, 6.07) is 2.75. The maximum Gasteiger partial charge on any atom is 0.288 e.